The molecule has 126 valence electrons. The Morgan fingerprint density at radius 1 is 1.08 bits per heavy atom. The first-order valence-corrected chi connectivity index (χ1v) is 8.80. The van der Waals surface area contributed by atoms with Crippen molar-refractivity contribution in [3.05, 3.63) is 65.2 Å². The second-order valence-electron chi connectivity index (χ2n) is 6.61. The average molecular weight is 323 g/mol. The highest BCUT2D eigenvalue weighted by atomic mass is 16.5. The van der Waals surface area contributed by atoms with Gasteiger partial charge in [0.1, 0.15) is 12.4 Å². The number of carbonyl (C=O) groups excluding carboxylic acids is 1. The first kappa shape index (κ1) is 16.6. The molecule has 2 aromatic carbocycles. The van der Waals surface area contributed by atoms with Crippen LogP contribution >= 0.6 is 0 Å². The highest BCUT2D eigenvalue weighted by molar-refractivity contribution is 5.94. The smallest absolute Gasteiger partial charge is 0.251 e. The van der Waals surface area contributed by atoms with Crippen molar-refractivity contribution in [1.29, 1.82) is 0 Å². The van der Waals surface area contributed by atoms with E-state index in [-0.39, 0.29) is 5.91 Å². The van der Waals surface area contributed by atoms with Crippen molar-refractivity contribution in [2.24, 2.45) is 0 Å². The average Bonchev–Trinajstić information content (AvgIpc) is 2.61. The van der Waals surface area contributed by atoms with Gasteiger partial charge in [0.25, 0.3) is 5.91 Å². The number of carbonyl (C=O) groups is 1. The molecule has 24 heavy (non-hydrogen) atoms. The normalized spacial score (nSPS) is 15.0. The fourth-order valence-electron chi connectivity index (χ4n) is 3.14. The van der Waals surface area contributed by atoms with Crippen LogP contribution in [0, 0.1) is 6.92 Å². The van der Waals surface area contributed by atoms with Crippen molar-refractivity contribution in [2.75, 3.05) is 0 Å². The Hall–Kier alpha value is -2.29. The molecule has 0 atom stereocenters. The molecule has 1 saturated carbocycles. The Morgan fingerprint density at radius 2 is 1.83 bits per heavy atom. The van der Waals surface area contributed by atoms with E-state index in [1.54, 1.807) is 0 Å². The van der Waals surface area contributed by atoms with Gasteiger partial charge in [0.15, 0.2) is 0 Å². The van der Waals surface area contributed by atoms with E-state index in [1.807, 2.05) is 55.5 Å². The van der Waals surface area contributed by atoms with E-state index in [4.69, 9.17) is 4.74 Å². The number of amides is 1. The molecule has 0 radical (unpaired) electrons. The van der Waals surface area contributed by atoms with E-state index in [0.717, 1.165) is 29.7 Å². The van der Waals surface area contributed by atoms with Crippen molar-refractivity contribution in [2.45, 2.75) is 51.7 Å². The van der Waals surface area contributed by atoms with Crippen LogP contribution in [0.5, 0.6) is 5.75 Å². The molecule has 1 aliphatic rings. The van der Waals surface area contributed by atoms with E-state index in [0.29, 0.717) is 12.6 Å². The number of hydrogen-bond donors (Lipinski definition) is 1. The highest BCUT2D eigenvalue weighted by Gasteiger charge is 2.16. The molecule has 0 unspecified atom stereocenters. The summed E-state index contributed by atoms with van der Waals surface area (Å²) in [6, 6.07) is 16.0. The van der Waals surface area contributed by atoms with Crippen LogP contribution in [-0.4, -0.2) is 11.9 Å². The number of nitrogens with one attached hydrogen (secondary N) is 1. The van der Waals surface area contributed by atoms with Crippen LogP contribution in [0.25, 0.3) is 0 Å². The Balaban J connectivity index is 1.53. The first-order chi connectivity index (χ1) is 11.7. The molecule has 0 bridgehead atoms. The lowest BCUT2D eigenvalue weighted by molar-refractivity contribution is 0.0927. The van der Waals surface area contributed by atoms with Gasteiger partial charge in [-0.15, -0.1) is 0 Å². The molecular weight excluding hydrogens is 298 g/mol. The van der Waals surface area contributed by atoms with Gasteiger partial charge in [-0.1, -0.05) is 43.5 Å². The minimum atomic E-state index is 0.0352. The maximum Gasteiger partial charge on any atom is 0.251 e. The topological polar surface area (TPSA) is 38.3 Å². The molecule has 3 rings (SSSR count). The molecule has 0 aromatic heterocycles. The second-order valence-corrected chi connectivity index (χ2v) is 6.61. The van der Waals surface area contributed by atoms with Crippen molar-refractivity contribution in [3.63, 3.8) is 0 Å². The first-order valence-electron chi connectivity index (χ1n) is 8.80. The minimum Gasteiger partial charge on any atom is -0.489 e. The zero-order valence-corrected chi connectivity index (χ0v) is 14.3. The zero-order valence-electron chi connectivity index (χ0n) is 14.3. The summed E-state index contributed by atoms with van der Waals surface area (Å²) in [6.45, 7) is 2.56. The molecular formula is C21H25NO2. The van der Waals surface area contributed by atoms with Crippen LogP contribution in [0.4, 0.5) is 0 Å². The third kappa shape index (κ3) is 4.60. The molecule has 1 aliphatic carbocycles. The Morgan fingerprint density at radius 3 is 2.54 bits per heavy atom. The van der Waals surface area contributed by atoms with E-state index >= 15 is 0 Å². The molecule has 1 fully saturated rings. The summed E-state index contributed by atoms with van der Waals surface area (Å²) in [6.07, 6.45) is 5.95. The van der Waals surface area contributed by atoms with Gasteiger partial charge in [-0.3, -0.25) is 4.79 Å². The number of hydrogen-bond acceptors (Lipinski definition) is 2. The molecule has 1 N–H and O–H groups in total. The van der Waals surface area contributed by atoms with Crippen LogP contribution < -0.4 is 10.1 Å². The standard InChI is InChI=1S/C21H25NO2/c1-16-6-5-9-20(14-16)24-15-17-10-12-18(13-11-17)21(23)22-19-7-3-2-4-8-19/h5-6,9-14,19H,2-4,7-8,15H2,1H3,(H,22,23). The lowest BCUT2D eigenvalue weighted by atomic mass is 9.95. The summed E-state index contributed by atoms with van der Waals surface area (Å²) in [5.74, 6) is 0.905. The second kappa shape index (κ2) is 8.00. The van der Waals surface area contributed by atoms with Gasteiger partial charge in [-0.05, 0) is 55.2 Å². The number of rotatable bonds is 5. The number of benzene rings is 2. The predicted octanol–water partition coefficient (Wildman–Crippen LogP) is 4.64. The zero-order chi connectivity index (χ0) is 16.8. The van der Waals surface area contributed by atoms with E-state index in [1.165, 1.54) is 24.8 Å². The Bertz CT molecular complexity index is 672. The lowest BCUT2D eigenvalue weighted by Crippen LogP contribution is -2.36. The van der Waals surface area contributed by atoms with Gasteiger partial charge in [0.2, 0.25) is 0 Å². The van der Waals surface area contributed by atoms with Gasteiger partial charge in [0.05, 0.1) is 0 Å². The largest absolute Gasteiger partial charge is 0.489 e. The molecule has 0 aliphatic heterocycles. The summed E-state index contributed by atoms with van der Waals surface area (Å²) < 4.78 is 5.79. The fourth-order valence-corrected chi connectivity index (χ4v) is 3.14. The maximum atomic E-state index is 12.3. The van der Waals surface area contributed by atoms with Gasteiger partial charge in [-0.2, -0.15) is 0 Å². The molecule has 1 amide bonds. The summed E-state index contributed by atoms with van der Waals surface area (Å²) in [5.41, 5.74) is 2.97. The summed E-state index contributed by atoms with van der Waals surface area (Å²) in [5, 5.41) is 3.15. The quantitative estimate of drug-likeness (QED) is 0.870. The predicted molar refractivity (Wildman–Crippen MR) is 96.3 cm³/mol. The highest BCUT2D eigenvalue weighted by Crippen LogP contribution is 2.18. The Kier molecular flexibility index (Phi) is 5.52. The molecule has 0 saturated heterocycles. The van der Waals surface area contributed by atoms with Crippen LogP contribution in [0.15, 0.2) is 48.5 Å². The SMILES string of the molecule is Cc1cccc(OCc2ccc(C(=O)NC3CCCCC3)cc2)c1. The Labute approximate surface area is 144 Å². The molecule has 2 aromatic rings. The lowest BCUT2D eigenvalue weighted by Gasteiger charge is -2.22. The summed E-state index contributed by atoms with van der Waals surface area (Å²) in [4.78, 5) is 12.3. The maximum absolute atomic E-state index is 12.3. The van der Waals surface area contributed by atoms with Crippen LogP contribution in [0.1, 0.15) is 53.6 Å². The summed E-state index contributed by atoms with van der Waals surface area (Å²) >= 11 is 0. The van der Waals surface area contributed by atoms with E-state index < -0.39 is 0 Å². The van der Waals surface area contributed by atoms with Gasteiger partial charge in [-0.25, -0.2) is 0 Å². The molecule has 0 spiro atoms. The van der Waals surface area contributed by atoms with Crippen molar-refractivity contribution < 1.29 is 9.53 Å². The molecule has 0 heterocycles. The van der Waals surface area contributed by atoms with E-state index in [9.17, 15) is 4.79 Å². The van der Waals surface area contributed by atoms with Gasteiger partial charge in [0, 0.05) is 11.6 Å². The van der Waals surface area contributed by atoms with Gasteiger partial charge >= 0.3 is 0 Å². The molecule has 3 heteroatoms. The minimum absolute atomic E-state index is 0.0352. The number of ether oxygens (including phenoxy) is 1. The van der Waals surface area contributed by atoms with Crippen LogP contribution in [0.2, 0.25) is 0 Å². The van der Waals surface area contributed by atoms with Gasteiger partial charge < -0.3 is 10.1 Å². The summed E-state index contributed by atoms with van der Waals surface area (Å²) in [7, 11) is 0. The number of aryl methyl sites for hydroxylation is 1. The third-order valence-electron chi connectivity index (χ3n) is 4.55. The fraction of sp³-hybridized carbons (Fsp3) is 0.381. The van der Waals surface area contributed by atoms with Crippen LogP contribution in [0.3, 0.4) is 0 Å². The monoisotopic (exact) mass is 323 g/mol. The molecule has 3 nitrogen and oxygen atoms in total. The third-order valence-corrected chi connectivity index (χ3v) is 4.55. The van der Waals surface area contributed by atoms with Crippen molar-refractivity contribution in [1.82, 2.24) is 5.32 Å². The van der Waals surface area contributed by atoms with E-state index in [2.05, 4.69) is 5.32 Å². The van der Waals surface area contributed by atoms with Crippen LogP contribution in [-0.2, 0) is 6.61 Å². The van der Waals surface area contributed by atoms with Crippen molar-refractivity contribution >= 4 is 5.91 Å². The van der Waals surface area contributed by atoms with Crippen molar-refractivity contribution in [3.8, 4) is 5.75 Å².